The minimum Gasteiger partial charge on any atom is -0.313 e. The number of hydrogen-bond donors (Lipinski definition) is 1. The van der Waals surface area contributed by atoms with Crippen LogP contribution < -0.4 is 5.32 Å². The number of nitrogens with one attached hydrogen (secondary N) is 1. The van der Waals surface area contributed by atoms with Crippen molar-refractivity contribution in [3.05, 3.63) is 75.3 Å². The van der Waals surface area contributed by atoms with Crippen LogP contribution >= 0.6 is 12.4 Å². The minimum absolute atomic E-state index is 0. The van der Waals surface area contributed by atoms with E-state index in [2.05, 4.69) is 29.6 Å². The maximum absolute atomic E-state index is 10.9. The normalized spacial score (nSPS) is 16.3. The van der Waals surface area contributed by atoms with Gasteiger partial charge in [-0.1, -0.05) is 36.4 Å². The number of fused-ring (bicyclic) bond motifs is 1. The largest absolute Gasteiger partial charge is 0.313 e. The predicted molar refractivity (Wildman–Crippen MR) is 94.3 cm³/mol. The Kier molecular flexibility index (Phi) is 6.13. The highest BCUT2D eigenvalue weighted by atomic mass is 35.5. The summed E-state index contributed by atoms with van der Waals surface area (Å²) in [5.41, 5.74) is 3.91. The molecule has 1 N–H and O–H groups in total. The smallest absolute Gasteiger partial charge is 0.269 e. The fourth-order valence-corrected chi connectivity index (χ4v) is 3.10. The molecule has 23 heavy (non-hydrogen) atoms. The van der Waals surface area contributed by atoms with E-state index in [1.807, 2.05) is 12.1 Å². The van der Waals surface area contributed by atoms with Gasteiger partial charge in [0, 0.05) is 18.2 Å². The van der Waals surface area contributed by atoms with Crippen LogP contribution in [0.1, 0.15) is 23.1 Å². The molecule has 0 fully saturated rings. The Morgan fingerprint density at radius 2 is 1.91 bits per heavy atom. The maximum Gasteiger partial charge on any atom is 0.269 e. The van der Waals surface area contributed by atoms with Crippen molar-refractivity contribution in [1.29, 1.82) is 0 Å². The highest BCUT2D eigenvalue weighted by Crippen LogP contribution is 2.25. The molecule has 1 unspecified atom stereocenters. The summed E-state index contributed by atoms with van der Waals surface area (Å²) in [5.74, 6) is 0. The molecule has 3 rings (SSSR count). The molecule has 4 nitrogen and oxygen atoms in total. The summed E-state index contributed by atoms with van der Waals surface area (Å²) in [6, 6.07) is 16.1. The van der Waals surface area contributed by atoms with Gasteiger partial charge < -0.3 is 5.32 Å². The lowest BCUT2D eigenvalue weighted by Crippen LogP contribution is -2.35. The van der Waals surface area contributed by atoms with Gasteiger partial charge in [-0.05, 0) is 48.9 Å². The molecular formula is C18H21ClN2O2. The van der Waals surface area contributed by atoms with Crippen LogP contribution in [-0.2, 0) is 19.3 Å². The van der Waals surface area contributed by atoms with Gasteiger partial charge in [0.1, 0.15) is 0 Å². The SMILES string of the molecule is Cl.O=[N+]([O-])c1ccc2c(c1)CC(NCCc1ccccc1)CC2. The van der Waals surface area contributed by atoms with Gasteiger partial charge in [-0.25, -0.2) is 0 Å². The quantitative estimate of drug-likeness (QED) is 0.671. The van der Waals surface area contributed by atoms with Crippen LogP contribution in [0, 0.1) is 10.1 Å². The van der Waals surface area contributed by atoms with Gasteiger partial charge in [0.15, 0.2) is 0 Å². The average Bonchev–Trinajstić information content (AvgIpc) is 2.55. The lowest BCUT2D eigenvalue weighted by Gasteiger charge is -2.25. The van der Waals surface area contributed by atoms with Crippen molar-refractivity contribution in [2.45, 2.75) is 31.7 Å². The molecule has 2 aromatic carbocycles. The van der Waals surface area contributed by atoms with Gasteiger partial charge >= 0.3 is 0 Å². The Hall–Kier alpha value is -1.91. The number of rotatable bonds is 5. The molecule has 0 aliphatic heterocycles. The summed E-state index contributed by atoms with van der Waals surface area (Å²) < 4.78 is 0. The monoisotopic (exact) mass is 332 g/mol. The Bertz CT molecular complexity index is 661. The molecule has 0 amide bonds. The zero-order valence-corrected chi connectivity index (χ0v) is 13.7. The lowest BCUT2D eigenvalue weighted by atomic mass is 9.88. The molecule has 0 saturated carbocycles. The molecule has 0 heterocycles. The second kappa shape index (κ2) is 8.09. The molecule has 122 valence electrons. The first-order chi connectivity index (χ1) is 10.7. The molecule has 2 aromatic rings. The summed E-state index contributed by atoms with van der Waals surface area (Å²) >= 11 is 0. The van der Waals surface area contributed by atoms with Crippen molar-refractivity contribution < 1.29 is 4.92 Å². The van der Waals surface area contributed by atoms with Gasteiger partial charge in [0.05, 0.1) is 4.92 Å². The van der Waals surface area contributed by atoms with Gasteiger partial charge in [-0.3, -0.25) is 10.1 Å². The molecule has 0 bridgehead atoms. The fraction of sp³-hybridized carbons (Fsp3) is 0.333. The number of non-ortho nitro benzene ring substituents is 1. The molecule has 0 aromatic heterocycles. The van der Waals surface area contributed by atoms with Crippen molar-refractivity contribution in [2.24, 2.45) is 0 Å². The predicted octanol–water partition coefficient (Wildman–Crippen LogP) is 3.71. The van der Waals surface area contributed by atoms with Gasteiger partial charge in [-0.15, -0.1) is 12.4 Å². The molecule has 1 aliphatic rings. The minimum atomic E-state index is -0.313. The van der Waals surface area contributed by atoms with Gasteiger partial charge in [0.2, 0.25) is 0 Å². The van der Waals surface area contributed by atoms with Crippen LogP contribution in [0.4, 0.5) is 5.69 Å². The van der Waals surface area contributed by atoms with Crippen LogP contribution in [0.5, 0.6) is 0 Å². The number of nitro benzene ring substituents is 1. The number of nitrogens with zero attached hydrogens (tertiary/aromatic N) is 1. The van der Waals surface area contributed by atoms with Gasteiger partial charge in [0.25, 0.3) is 5.69 Å². The first-order valence-corrected chi connectivity index (χ1v) is 7.76. The van der Waals surface area contributed by atoms with Crippen molar-refractivity contribution in [1.82, 2.24) is 5.32 Å². The number of nitro groups is 1. The lowest BCUT2D eigenvalue weighted by molar-refractivity contribution is -0.384. The van der Waals surface area contributed by atoms with Crippen molar-refractivity contribution in [3.8, 4) is 0 Å². The zero-order valence-electron chi connectivity index (χ0n) is 12.9. The summed E-state index contributed by atoms with van der Waals surface area (Å²) in [6.07, 6.45) is 3.99. The highest BCUT2D eigenvalue weighted by Gasteiger charge is 2.20. The molecule has 0 spiro atoms. The second-order valence-corrected chi connectivity index (χ2v) is 5.84. The van der Waals surface area contributed by atoms with E-state index in [-0.39, 0.29) is 23.0 Å². The van der Waals surface area contributed by atoms with E-state index >= 15 is 0 Å². The third-order valence-electron chi connectivity index (χ3n) is 4.32. The van der Waals surface area contributed by atoms with E-state index in [1.54, 1.807) is 12.1 Å². The summed E-state index contributed by atoms with van der Waals surface area (Å²) in [4.78, 5) is 10.6. The van der Waals surface area contributed by atoms with E-state index in [1.165, 1.54) is 11.1 Å². The fourth-order valence-electron chi connectivity index (χ4n) is 3.10. The number of aryl methyl sites for hydroxylation is 1. The number of halogens is 1. The third-order valence-corrected chi connectivity index (χ3v) is 4.32. The van der Waals surface area contributed by atoms with Crippen LogP contribution in [0.25, 0.3) is 0 Å². The topological polar surface area (TPSA) is 55.2 Å². The average molecular weight is 333 g/mol. The highest BCUT2D eigenvalue weighted by molar-refractivity contribution is 5.85. The summed E-state index contributed by atoms with van der Waals surface area (Å²) in [5, 5.41) is 14.5. The van der Waals surface area contributed by atoms with Crippen LogP contribution in [0.15, 0.2) is 48.5 Å². The van der Waals surface area contributed by atoms with Crippen molar-refractivity contribution in [3.63, 3.8) is 0 Å². The van der Waals surface area contributed by atoms with Crippen LogP contribution in [0.2, 0.25) is 0 Å². The maximum atomic E-state index is 10.9. The van der Waals surface area contributed by atoms with Crippen molar-refractivity contribution >= 4 is 18.1 Å². The summed E-state index contributed by atoms with van der Waals surface area (Å²) in [6.45, 7) is 0.943. The first-order valence-electron chi connectivity index (χ1n) is 7.76. The van der Waals surface area contributed by atoms with Crippen LogP contribution in [0.3, 0.4) is 0 Å². The van der Waals surface area contributed by atoms with E-state index in [0.717, 1.165) is 37.8 Å². The van der Waals surface area contributed by atoms with Gasteiger partial charge in [-0.2, -0.15) is 0 Å². The third kappa shape index (κ3) is 4.53. The van der Waals surface area contributed by atoms with Crippen molar-refractivity contribution in [2.75, 3.05) is 6.54 Å². The summed E-state index contributed by atoms with van der Waals surface area (Å²) in [7, 11) is 0. The molecule has 1 atom stereocenters. The van der Waals surface area contributed by atoms with E-state index in [4.69, 9.17) is 0 Å². The molecular weight excluding hydrogens is 312 g/mol. The molecule has 1 aliphatic carbocycles. The second-order valence-electron chi connectivity index (χ2n) is 5.84. The number of hydrogen-bond acceptors (Lipinski definition) is 3. The molecule has 0 saturated heterocycles. The zero-order chi connectivity index (χ0) is 15.4. The first kappa shape index (κ1) is 17.4. The van der Waals surface area contributed by atoms with E-state index in [0.29, 0.717) is 6.04 Å². The standard InChI is InChI=1S/C18H20N2O2.ClH/c21-20(22)18-9-7-15-6-8-17(12-16(15)13-18)19-11-10-14-4-2-1-3-5-14;/h1-5,7,9,13,17,19H,6,8,10-12H2;1H. The van der Waals surface area contributed by atoms with Crippen LogP contribution in [-0.4, -0.2) is 17.5 Å². The molecule has 0 radical (unpaired) electrons. The Morgan fingerprint density at radius 3 is 2.65 bits per heavy atom. The Morgan fingerprint density at radius 1 is 1.13 bits per heavy atom. The van der Waals surface area contributed by atoms with E-state index < -0.39 is 0 Å². The Labute approximate surface area is 142 Å². The Balaban J connectivity index is 0.00000192. The number of benzene rings is 2. The van der Waals surface area contributed by atoms with E-state index in [9.17, 15) is 10.1 Å². The molecule has 5 heteroatoms.